The number of hydrogen-bond acceptors (Lipinski definition) is 5. The molecule has 2 rings (SSSR count). The van der Waals surface area contributed by atoms with E-state index in [1.807, 2.05) is 30.3 Å². The summed E-state index contributed by atoms with van der Waals surface area (Å²) < 4.78 is 6.35. The number of amides is 3. The van der Waals surface area contributed by atoms with Crippen molar-refractivity contribution in [3.8, 4) is 0 Å². The van der Waals surface area contributed by atoms with Crippen molar-refractivity contribution >= 4 is 23.7 Å². The van der Waals surface area contributed by atoms with Gasteiger partial charge >= 0.3 is 5.97 Å². The van der Waals surface area contributed by atoms with Crippen molar-refractivity contribution < 1.29 is 23.9 Å². The van der Waals surface area contributed by atoms with E-state index in [4.69, 9.17) is 4.74 Å². The van der Waals surface area contributed by atoms with Crippen molar-refractivity contribution in [3.05, 3.63) is 59.9 Å². The van der Waals surface area contributed by atoms with Crippen LogP contribution in [0.15, 0.2) is 48.7 Å². The molecule has 142 valence electrons. The minimum atomic E-state index is -0.720. The van der Waals surface area contributed by atoms with Gasteiger partial charge in [0.2, 0.25) is 5.91 Å². The third kappa shape index (κ3) is 6.77. The fraction of sp³-hybridized carbons (Fsp3) is 0.263. The number of ether oxygens (including phenoxy) is 1. The average molecular weight is 371 g/mol. The first-order valence-corrected chi connectivity index (χ1v) is 8.37. The van der Waals surface area contributed by atoms with Crippen molar-refractivity contribution in [2.45, 2.75) is 12.8 Å². The number of carbonyl (C=O) groups excluding carboxylic acids is 4. The number of carbonyl (C=O) groups is 4. The van der Waals surface area contributed by atoms with E-state index in [0.717, 1.165) is 5.56 Å². The lowest BCUT2D eigenvalue weighted by molar-refractivity contribution is -0.148. The third-order valence-electron chi connectivity index (χ3n) is 3.65. The molecule has 8 nitrogen and oxygen atoms in total. The fourth-order valence-corrected chi connectivity index (χ4v) is 2.29. The number of imide groups is 1. The highest BCUT2D eigenvalue weighted by molar-refractivity contribution is 6.04. The Kier molecular flexibility index (Phi) is 7.30. The zero-order valence-corrected chi connectivity index (χ0v) is 14.9. The molecular weight excluding hydrogens is 350 g/mol. The van der Waals surface area contributed by atoms with Crippen LogP contribution in [0.5, 0.6) is 0 Å². The number of esters is 1. The first-order chi connectivity index (χ1) is 13.0. The van der Waals surface area contributed by atoms with Crippen LogP contribution in [0.2, 0.25) is 0 Å². The van der Waals surface area contributed by atoms with Gasteiger partial charge in [0.15, 0.2) is 6.61 Å². The zero-order valence-electron chi connectivity index (χ0n) is 14.9. The summed E-state index contributed by atoms with van der Waals surface area (Å²) in [5.41, 5.74) is 1.19. The van der Waals surface area contributed by atoms with Gasteiger partial charge in [-0.3, -0.25) is 24.5 Å². The van der Waals surface area contributed by atoms with Gasteiger partial charge in [-0.05, 0) is 17.7 Å². The van der Waals surface area contributed by atoms with Crippen LogP contribution >= 0.6 is 0 Å². The van der Waals surface area contributed by atoms with Crippen LogP contribution < -0.4 is 10.6 Å². The van der Waals surface area contributed by atoms with Gasteiger partial charge in [0, 0.05) is 19.8 Å². The molecule has 0 aliphatic carbocycles. The van der Waals surface area contributed by atoms with Crippen LogP contribution in [-0.4, -0.2) is 41.4 Å². The topological polar surface area (TPSA) is 106 Å². The van der Waals surface area contributed by atoms with Crippen LogP contribution in [0, 0.1) is 0 Å². The van der Waals surface area contributed by atoms with Crippen LogP contribution in [0.25, 0.3) is 0 Å². The van der Waals surface area contributed by atoms with Gasteiger partial charge in [-0.1, -0.05) is 30.3 Å². The van der Waals surface area contributed by atoms with Crippen molar-refractivity contribution in [2.75, 3.05) is 13.2 Å². The summed E-state index contributed by atoms with van der Waals surface area (Å²) in [4.78, 5) is 46.9. The normalized spacial score (nSPS) is 10.1. The minimum Gasteiger partial charge on any atom is -0.456 e. The van der Waals surface area contributed by atoms with E-state index in [-0.39, 0.29) is 25.3 Å². The van der Waals surface area contributed by atoms with Crippen molar-refractivity contribution in [3.63, 3.8) is 0 Å². The highest BCUT2D eigenvalue weighted by atomic mass is 16.5. The minimum absolute atomic E-state index is 0.0699. The largest absolute Gasteiger partial charge is 0.456 e. The first-order valence-electron chi connectivity index (χ1n) is 8.37. The van der Waals surface area contributed by atoms with Crippen LogP contribution in [-0.2, 0) is 32.6 Å². The Labute approximate surface area is 156 Å². The van der Waals surface area contributed by atoms with Gasteiger partial charge in [-0.15, -0.1) is 0 Å². The molecule has 0 aliphatic rings. The summed E-state index contributed by atoms with van der Waals surface area (Å²) in [5, 5.41) is 4.74. The van der Waals surface area contributed by atoms with E-state index in [1.165, 1.54) is 0 Å². The summed E-state index contributed by atoms with van der Waals surface area (Å²) in [6.07, 6.45) is 1.82. The molecule has 27 heavy (non-hydrogen) atoms. The molecular formula is C19H21N3O5. The summed E-state index contributed by atoms with van der Waals surface area (Å²) in [5.74, 6) is -2.14. The number of nitrogens with zero attached hydrogens (tertiary/aromatic N) is 1. The van der Waals surface area contributed by atoms with E-state index < -0.39 is 24.4 Å². The van der Waals surface area contributed by atoms with Crippen LogP contribution in [0.4, 0.5) is 0 Å². The number of benzene rings is 1. The molecule has 0 unspecified atom stereocenters. The van der Waals surface area contributed by atoms with Gasteiger partial charge in [0.05, 0.1) is 12.8 Å². The van der Waals surface area contributed by atoms with E-state index >= 15 is 0 Å². The van der Waals surface area contributed by atoms with Gasteiger partial charge < -0.3 is 14.6 Å². The molecule has 3 amide bonds. The Morgan fingerprint density at radius 2 is 1.74 bits per heavy atom. The molecule has 2 aromatic rings. The maximum absolute atomic E-state index is 11.8. The predicted molar refractivity (Wildman–Crippen MR) is 96.6 cm³/mol. The molecule has 0 saturated heterocycles. The van der Waals surface area contributed by atoms with E-state index in [9.17, 15) is 19.2 Å². The second-order valence-corrected chi connectivity index (χ2v) is 5.80. The van der Waals surface area contributed by atoms with Crippen molar-refractivity contribution in [1.29, 1.82) is 0 Å². The molecule has 0 radical (unpaired) electrons. The number of nitrogens with one attached hydrogen (secondary N) is 2. The molecule has 1 aromatic carbocycles. The molecule has 0 spiro atoms. The second kappa shape index (κ2) is 9.91. The second-order valence-electron chi connectivity index (χ2n) is 5.80. The van der Waals surface area contributed by atoms with Gasteiger partial charge in [-0.2, -0.15) is 0 Å². The molecule has 0 fully saturated rings. The molecule has 1 heterocycles. The molecule has 0 atom stereocenters. The van der Waals surface area contributed by atoms with E-state index in [1.54, 1.807) is 29.9 Å². The van der Waals surface area contributed by atoms with Crippen molar-refractivity contribution in [2.24, 2.45) is 7.05 Å². The first kappa shape index (κ1) is 19.9. The molecule has 0 saturated carbocycles. The summed E-state index contributed by atoms with van der Waals surface area (Å²) >= 11 is 0. The third-order valence-corrected chi connectivity index (χ3v) is 3.65. The Bertz CT molecular complexity index is 814. The highest BCUT2D eigenvalue weighted by Crippen LogP contribution is 2.00. The molecule has 2 N–H and O–H groups in total. The van der Waals surface area contributed by atoms with Gasteiger partial charge in [-0.25, -0.2) is 0 Å². The fourth-order valence-electron chi connectivity index (χ4n) is 2.29. The van der Waals surface area contributed by atoms with Crippen LogP contribution in [0.1, 0.15) is 22.5 Å². The highest BCUT2D eigenvalue weighted by Gasteiger charge is 2.14. The Morgan fingerprint density at radius 3 is 2.41 bits per heavy atom. The van der Waals surface area contributed by atoms with Crippen molar-refractivity contribution in [1.82, 2.24) is 15.2 Å². The molecule has 0 bridgehead atoms. The number of hydrogen-bond donors (Lipinski definition) is 2. The molecule has 1 aromatic heterocycles. The molecule has 0 aliphatic heterocycles. The SMILES string of the molecule is Cn1cccc1C(=O)NC(=O)COC(=O)CCNC(=O)Cc1ccccc1. The maximum Gasteiger partial charge on any atom is 0.308 e. The summed E-state index contributed by atoms with van der Waals surface area (Å²) in [6.45, 7) is -0.457. The zero-order chi connectivity index (χ0) is 19.6. The maximum atomic E-state index is 11.8. The Hall–Kier alpha value is -3.42. The molecule has 8 heteroatoms. The quantitative estimate of drug-likeness (QED) is 0.660. The summed E-state index contributed by atoms with van der Waals surface area (Å²) in [7, 11) is 1.67. The summed E-state index contributed by atoms with van der Waals surface area (Å²) in [6, 6.07) is 12.5. The lowest BCUT2D eigenvalue weighted by atomic mass is 10.1. The standard InChI is InChI=1S/C19H21N3O5/c1-22-11-5-8-15(22)19(26)21-17(24)13-27-18(25)9-10-20-16(23)12-14-6-3-2-4-7-14/h2-8,11H,9-10,12-13H2,1H3,(H,20,23)(H,21,24,26). The van der Waals surface area contributed by atoms with E-state index in [0.29, 0.717) is 5.69 Å². The number of aryl methyl sites for hydroxylation is 1. The lowest BCUT2D eigenvalue weighted by Crippen LogP contribution is -2.35. The number of aromatic nitrogens is 1. The van der Waals surface area contributed by atoms with Gasteiger partial charge in [0.1, 0.15) is 5.69 Å². The van der Waals surface area contributed by atoms with E-state index in [2.05, 4.69) is 10.6 Å². The Balaban J connectivity index is 1.61. The Morgan fingerprint density at radius 1 is 1.00 bits per heavy atom. The predicted octanol–water partition coefficient (Wildman–Crippen LogP) is 0.574. The smallest absolute Gasteiger partial charge is 0.308 e. The van der Waals surface area contributed by atoms with Gasteiger partial charge in [0.25, 0.3) is 11.8 Å². The number of rotatable bonds is 8. The van der Waals surface area contributed by atoms with Crippen LogP contribution in [0.3, 0.4) is 0 Å². The monoisotopic (exact) mass is 371 g/mol. The lowest BCUT2D eigenvalue weighted by Gasteiger charge is -2.07. The average Bonchev–Trinajstić information content (AvgIpc) is 3.07.